The zero-order chi connectivity index (χ0) is 26.6. The molecule has 208 valence electrons. The van der Waals surface area contributed by atoms with E-state index in [0.717, 1.165) is 114 Å². The number of rotatable bonds is 13. The maximum atomic E-state index is 12.8. The molecule has 2 heterocycles. The van der Waals surface area contributed by atoms with E-state index >= 15 is 0 Å². The van der Waals surface area contributed by atoms with Gasteiger partial charge in [0.05, 0.1) is 11.8 Å². The summed E-state index contributed by atoms with van der Waals surface area (Å²) in [6, 6.07) is 17.9. The van der Waals surface area contributed by atoms with Gasteiger partial charge in [0.25, 0.3) is 0 Å². The summed E-state index contributed by atoms with van der Waals surface area (Å²) in [7, 11) is 0. The average Bonchev–Trinajstić information content (AvgIpc) is 3.34. The van der Waals surface area contributed by atoms with Crippen molar-refractivity contribution in [3.8, 4) is 11.1 Å². The number of nitrogens with zero attached hydrogens (tertiary/aromatic N) is 2. The quantitative estimate of drug-likeness (QED) is 0.343. The molecule has 7 heteroatoms. The monoisotopic (exact) mass is 523 g/mol. The Labute approximate surface area is 228 Å². The summed E-state index contributed by atoms with van der Waals surface area (Å²) < 4.78 is 11.8. The number of piperidine rings is 1. The number of carbonyl (C=O) groups excluding carboxylic acids is 1. The van der Waals surface area contributed by atoms with Crippen molar-refractivity contribution in [1.82, 2.24) is 9.80 Å². The maximum absolute atomic E-state index is 12.8. The predicted molar refractivity (Wildman–Crippen MR) is 152 cm³/mol. The van der Waals surface area contributed by atoms with Crippen LogP contribution in [0.1, 0.15) is 51.9 Å². The van der Waals surface area contributed by atoms with Crippen molar-refractivity contribution in [3.05, 3.63) is 54.6 Å². The number of nitrogens with one attached hydrogen (secondary N) is 1. The molecular weight excluding hydrogens is 478 g/mol. The number of benzene rings is 2. The van der Waals surface area contributed by atoms with Crippen LogP contribution in [0.2, 0.25) is 0 Å². The Kier molecular flexibility index (Phi) is 11.0. The molecule has 2 aromatic rings. The number of unbranched alkanes of at least 4 members (excludes halogenated alkanes) is 2. The van der Waals surface area contributed by atoms with Gasteiger partial charge in [-0.1, -0.05) is 48.5 Å². The Morgan fingerprint density at radius 3 is 2.26 bits per heavy atom. The van der Waals surface area contributed by atoms with Crippen LogP contribution in [0.5, 0.6) is 0 Å². The van der Waals surface area contributed by atoms with E-state index in [1.54, 1.807) is 0 Å². The molecule has 2 N–H and O–H groups in total. The molecule has 2 aliphatic rings. The fourth-order valence-corrected chi connectivity index (χ4v) is 5.37. The number of anilines is 1. The van der Waals surface area contributed by atoms with Gasteiger partial charge in [0, 0.05) is 45.0 Å². The Hall–Kier alpha value is -2.45. The van der Waals surface area contributed by atoms with Crippen LogP contribution < -0.4 is 5.32 Å². The zero-order valence-corrected chi connectivity index (χ0v) is 22.9. The lowest BCUT2D eigenvalue weighted by molar-refractivity contribution is -0.0166. The third-order valence-electron chi connectivity index (χ3n) is 7.77. The molecule has 0 aromatic heterocycles. The lowest BCUT2D eigenvalue weighted by Gasteiger charge is -2.38. The number of hydrogen-bond acceptors (Lipinski definition) is 6. The summed E-state index contributed by atoms with van der Waals surface area (Å²) in [5.41, 5.74) is 2.36. The fourth-order valence-electron chi connectivity index (χ4n) is 5.37. The second-order valence-corrected chi connectivity index (χ2v) is 11.0. The van der Waals surface area contributed by atoms with E-state index in [1.165, 1.54) is 0 Å². The standard InChI is InChI=1S/C31H45N3O4/c1-31(38-30(36)32-29-14-6-5-13-28(29)26-11-3-2-4-12-26)16-21-33(22-17-31)18-7-9-23-37-24-10-8-19-34-20-15-27(35)25-34/h2-6,11-14,27,35H,7-10,15-25H2,1H3,(H,32,36)/t27-/m1/s1. The van der Waals surface area contributed by atoms with E-state index in [-0.39, 0.29) is 12.2 Å². The minimum absolute atomic E-state index is 0.125. The van der Waals surface area contributed by atoms with Crippen LogP contribution in [0.4, 0.5) is 10.5 Å². The fraction of sp³-hybridized carbons (Fsp3) is 0.581. The number of carbonyl (C=O) groups is 1. The number of amides is 1. The minimum atomic E-state index is -0.446. The molecule has 2 aromatic carbocycles. The van der Waals surface area contributed by atoms with Gasteiger partial charge < -0.3 is 24.4 Å². The summed E-state index contributed by atoms with van der Waals surface area (Å²) >= 11 is 0. The molecule has 2 aliphatic heterocycles. The molecule has 0 unspecified atom stereocenters. The first kappa shape index (κ1) is 28.6. The van der Waals surface area contributed by atoms with Crippen LogP contribution in [0.25, 0.3) is 11.1 Å². The van der Waals surface area contributed by atoms with Gasteiger partial charge in [0.15, 0.2) is 0 Å². The molecule has 1 amide bonds. The SMILES string of the molecule is CC1(OC(=O)Nc2ccccc2-c2ccccc2)CCN(CCCCOCCCCN2CC[C@@H](O)C2)CC1. The maximum Gasteiger partial charge on any atom is 0.412 e. The van der Waals surface area contributed by atoms with Gasteiger partial charge in [-0.05, 0) is 76.6 Å². The Morgan fingerprint density at radius 2 is 1.58 bits per heavy atom. The normalized spacial score (nSPS) is 19.9. The van der Waals surface area contributed by atoms with Crippen LogP contribution in [-0.2, 0) is 9.47 Å². The highest BCUT2D eigenvalue weighted by Crippen LogP contribution is 2.30. The Morgan fingerprint density at radius 1 is 0.921 bits per heavy atom. The lowest BCUT2D eigenvalue weighted by Crippen LogP contribution is -2.46. The summed E-state index contributed by atoms with van der Waals surface area (Å²) in [6.45, 7) is 9.57. The number of aliphatic hydroxyl groups is 1. The number of ether oxygens (including phenoxy) is 2. The van der Waals surface area contributed by atoms with Crippen molar-refractivity contribution in [2.45, 2.75) is 63.6 Å². The molecule has 1 atom stereocenters. The van der Waals surface area contributed by atoms with Crippen LogP contribution in [0.3, 0.4) is 0 Å². The van der Waals surface area contributed by atoms with E-state index in [2.05, 4.69) is 15.1 Å². The van der Waals surface area contributed by atoms with Crippen molar-refractivity contribution in [2.24, 2.45) is 0 Å². The van der Waals surface area contributed by atoms with Crippen LogP contribution in [0, 0.1) is 0 Å². The molecule has 0 saturated carbocycles. The number of β-amino-alcohol motifs (C(OH)–C–C–N with tert-alkyl or cyclic N) is 1. The van der Waals surface area contributed by atoms with Crippen LogP contribution in [-0.4, -0.2) is 85.2 Å². The number of likely N-dealkylation sites (tertiary alicyclic amines) is 2. The highest BCUT2D eigenvalue weighted by molar-refractivity contribution is 5.91. The highest BCUT2D eigenvalue weighted by Gasteiger charge is 2.33. The third-order valence-corrected chi connectivity index (χ3v) is 7.77. The van der Waals surface area contributed by atoms with Gasteiger partial charge in [0.1, 0.15) is 5.60 Å². The van der Waals surface area contributed by atoms with Gasteiger partial charge in [-0.2, -0.15) is 0 Å². The predicted octanol–water partition coefficient (Wildman–Crippen LogP) is 5.40. The average molecular weight is 524 g/mol. The van der Waals surface area contributed by atoms with Crippen molar-refractivity contribution < 1.29 is 19.4 Å². The first-order chi connectivity index (χ1) is 18.5. The molecule has 0 spiro atoms. The molecule has 4 rings (SSSR count). The summed E-state index contributed by atoms with van der Waals surface area (Å²) in [4.78, 5) is 17.6. The van der Waals surface area contributed by atoms with E-state index in [1.807, 2.05) is 61.5 Å². The second kappa shape index (κ2) is 14.6. The van der Waals surface area contributed by atoms with Gasteiger partial charge in [0.2, 0.25) is 0 Å². The molecule has 0 radical (unpaired) electrons. The number of hydrogen-bond donors (Lipinski definition) is 2. The van der Waals surface area contributed by atoms with Crippen LogP contribution in [0.15, 0.2) is 54.6 Å². The third kappa shape index (κ3) is 9.09. The lowest BCUT2D eigenvalue weighted by atomic mass is 9.93. The molecule has 2 saturated heterocycles. The van der Waals surface area contributed by atoms with E-state index in [4.69, 9.17) is 9.47 Å². The molecule has 0 aliphatic carbocycles. The summed E-state index contributed by atoms with van der Waals surface area (Å²) in [5.74, 6) is 0. The molecule has 2 fully saturated rings. The zero-order valence-electron chi connectivity index (χ0n) is 22.9. The molecule has 38 heavy (non-hydrogen) atoms. The first-order valence-electron chi connectivity index (χ1n) is 14.4. The first-order valence-corrected chi connectivity index (χ1v) is 14.4. The molecular formula is C31H45N3O4. The van der Waals surface area contributed by atoms with Gasteiger partial charge >= 0.3 is 6.09 Å². The summed E-state index contributed by atoms with van der Waals surface area (Å²) in [5, 5.41) is 12.6. The van der Waals surface area contributed by atoms with E-state index in [0.29, 0.717) is 0 Å². The largest absolute Gasteiger partial charge is 0.443 e. The molecule has 7 nitrogen and oxygen atoms in total. The van der Waals surface area contributed by atoms with Crippen LogP contribution >= 0.6 is 0 Å². The topological polar surface area (TPSA) is 74.3 Å². The smallest absolute Gasteiger partial charge is 0.412 e. The summed E-state index contributed by atoms with van der Waals surface area (Å²) in [6.07, 6.45) is 6.50. The number of para-hydroxylation sites is 1. The number of aliphatic hydroxyl groups excluding tert-OH is 1. The Balaban J connectivity index is 1.07. The van der Waals surface area contributed by atoms with Crippen molar-refractivity contribution in [2.75, 3.05) is 57.8 Å². The van der Waals surface area contributed by atoms with Crippen molar-refractivity contribution in [1.29, 1.82) is 0 Å². The Bertz CT molecular complexity index is 978. The van der Waals surface area contributed by atoms with Crippen molar-refractivity contribution in [3.63, 3.8) is 0 Å². The van der Waals surface area contributed by atoms with E-state index in [9.17, 15) is 9.90 Å². The minimum Gasteiger partial charge on any atom is -0.443 e. The molecule has 0 bridgehead atoms. The highest BCUT2D eigenvalue weighted by atomic mass is 16.6. The second-order valence-electron chi connectivity index (χ2n) is 11.0. The van der Waals surface area contributed by atoms with E-state index < -0.39 is 5.60 Å². The van der Waals surface area contributed by atoms with Crippen molar-refractivity contribution >= 4 is 11.8 Å². The van der Waals surface area contributed by atoms with Gasteiger partial charge in [-0.3, -0.25) is 5.32 Å². The van der Waals surface area contributed by atoms with Gasteiger partial charge in [-0.15, -0.1) is 0 Å². The van der Waals surface area contributed by atoms with Gasteiger partial charge in [-0.25, -0.2) is 4.79 Å².